The van der Waals surface area contributed by atoms with Crippen molar-refractivity contribution in [2.75, 3.05) is 17.3 Å². The van der Waals surface area contributed by atoms with Gasteiger partial charge in [0.25, 0.3) is 0 Å². The summed E-state index contributed by atoms with van der Waals surface area (Å²) in [6, 6.07) is 2.02. The lowest BCUT2D eigenvalue weighted by atomic mass is 10.2. The summed E-state index contributed by atoms with van der Waals surface area (Å²) in [5.74, 6) is -0.916. The van der Waals surface area contributed by atoms with Crippen LogP contribution in [0.15, 0.2) is 12.1 Å². The van der Waals surface area contributed by atoms with Gasteiger partial charge in [0.2, 0.25) is 5.91 Å². The molecule has 8 heteroatoms. The molecule has 19 heavy (non-hydrogen) atoms. The van der Waals surface area contributed by atoms with Crippen LogP contribution >= 0.6 is 0 Å². The summed E-state index contributed by atoms with van der Waals surface area (Å²) in [6.07, 6.45) is 1.09. The first-order valence-corrected chi connectivity index (χ1v) is 7.66. The van der Waals surface area contributed by atoms with Crippen molar-refractivity contribution in [3.63, 3.8) is 0 Å². The van der Waals surface area contributed by atoms with Crippen molar-refractivity contribution in [2.24, 2.45) is 5.73 Å². The molecule has 1 aromatic heterocycles. The first-order valence-electron chi connectivity index (χ1n) is 5.60. The van der Waals surface area contributed by atoms with Crippen molar-refractivity contribution < 1.29 is 18.3 Å². The minimum absolute atomic E-state index is 0.0112. The molecule has 0 saturated heterocycles. The SMILES string of the molecule is Cc1ccc(O)c(NC(=O)C(N)CCS(C)(=O)=O)n1. The number of nitrogens with two attached hydrogens (primary N) is 1. The van der Waals surface area contributed by atoms with Gasteiger partial charge in [-0.05, 0) is 25.5 Å². The van der Waals surface area contributed by atoms with Gasteiger partial charge in [0.1, 0.15) is 9.84 Å². The van der Waals surface area contributed by atoms with Gasteiger partial charge in [-0.1, -0.05) is 0 Å². The van der Waals surface area contributed by atoms with Gasteiger partial charge < -0.3 is 16.2 Å². The highest BCUT2D eigenvalue weighted by molar-refractivity contribution is 7.90. The van der Waals surface area contributed by atoms with Crippen molar-refractivity contribution in [2.45, 2.75) is 19.4 Å². The number of carbonyl (C=O) groups excluding carboxylic acids is 1. The lowest BCUT2D eigenvalue weighted by molar-refractivity contribution is -0.117. The van der Waals surface area contributed by atoms with Crippen LogP contribution in [-0.4, -0.2) is 42.5 Å². The number of hydrogen-bond donors (Lipinski definition) is 3. The molecule has 0 radical (unpaired) electrons. The molecule has 0 saturated carbocycles. The number of aromatic hydroxyl groups is 1. The molecule has 0 bridgehead atoms. The zero-order valence-electron chi connectivity index (χ0n) is 10.8. The Morgan fingerprint density at radius 3 is 2.74 bits per heavy atom. The summed E-state index contributed by atoms with van der Waals surface area (Å²) in [5.41, 5.74) is 6.20. The van der Waals surface area contributed by atoms with Crippen LogP contribution in [0.5, 0.6) is 5.75 Å². The van der Waals surface area contributed by atoms with Gasteiger partial charge in [-0.2, -0.15) is 0 Å². The van der Waals surface area contributed by atoms with Crippen LogP contribution < -0.4 is 11.1 Å². The first-order chi connectivity index (χ1) is 8.69. The number of rotatable bonds is 5. The fourth-order valence-electron chi connectivity index (χ4n) is 1.32. The van der Waals surface area contributed by atoms with Crippen LogP contribution in [0.25, 0.3) is 0 Å². The smallest absolute Gasteiger partial charge is 0.242 e. The predicted molar refractivity (Wildman–Crippen MR) is 71.6 cm³/mol. The molecule has 1 aromatic rings. The molecule has 106 valence electrons. The third kappa shape index (κ3) is 5.23. The monoisotopic (exact) mass is 287 g/mol. The second kappa shape index (κ2) is 5.98. The average molecular weight is 287 g/mol. The quantitative estimate of drug-likeness (QED) is 0.689. The van der Waals surface area contributed by atoms with E-state index in [1.54, 1.807) is 13.0 Å². The Balaban J connectivity index is 2.66. The first kappa shape index (κ1) is 15.4. The third-order valence-electron chi connectivity index (χ3n) is 2.39. The minimum Gasteiger partial charge on any atom is -0.504 e. The maximum Gasteiger partial charge on any atom is 0.242 e. The van der Waals surface area contributed by atoms with E-state index in [1.807, 2.05) is 0 Å². The number of aromatic nitrogens is 1. The van der Waals surface area contributed by atoms with Crippen molar-refractivity contribution in [3.05, 3.63) is 17.8 Å². The van der Waals surface area contributed by atoms with Gasteiger partial charge in [-0.25, -0.2) is 13.4 Å². The van der Waals surface area contributed by atoms with E-state index in [2.05, 4.69) is 10.3 Å². The number of nitrogens with one attached hydrogen (secondary N) is 1. The standard InChI is InChI=1S/C11H17N3O4S/c1-7-3-4-9(15)10(13-7)14-11(16)8(12)5-6-19(2,17)18/h3-4,8,15H,5-6,12H2,1-2H3,(H,13,14,16). The van der Waals surface area contributed by atoms with E-state index in [9.17, 15) is 18.3 Å². The van der Waals surface area contributed by atoms with E-state index in [1.165, 1.54) is 6.07 Å². The fraction of sp³-hybridized carbons (Fsp3) is 0.455. The number of sulfone groups is 1. The van der Waals surface area contributed by atoms with E-state index in [0.717, 1.165) is 6.26 Å². The Morgan fingerprint density at radius 1 is 1.53 bits per heavy atom. The Bertz CT molecular complexity index is 571. The summed E-state index contributed by atoms with van der Waals surface area (Å²) in [5, 5.41) is 11.9. The number of anilines is 1. The van der Waals surface area contributed by atoms with E-state index >= 15 is 0 Å². The maximum absolute atomic E-state index is 11.7. The van der Waals surface area contributed by atoms with E-state index < -0.39 is 21.8 Å². The largest absolute Gasteiger partial charge is 0.504 e. The topological polar surface area (TPSA) is 122 Å². The van der Waals surface area contributed by atoms with Gasteiger partial charge in [0.05, 0.1) is 11.8 Å². The van der Waals surface area contributed by atoms with Gasteiger partial charge in [-0.15, -0.1) is 0 Å². The van der Waals surface area contributed by atoms with Crippen LogP contribution in [0.3, 0.4) is 0 Å². The van der Waals surface area contributed by atoms with Crippen molar-refractivity contribution in [1.29, 1.82) is 0 Å². The Labute approximate surface area is 111 Å². The van der Waals surface area contributed by atoms with Crippen LogP contribution in [-0.2, 0) is 14.6 Å². The average Bonchev–Trinajstić information content (AvgIpc) is 2.29. The molecule has 0 aliphatic heterocycles. The van der Waals surface area contributed by atoms with E-state index in [-0.39, 0.29) is 23.7 Å². The molecule has 1 heterocycles. The Morgan fingerprint density at radius 2 is 2.16 bits per heavy atom. The summed E-state index contributed by atoms with van der Waals surface area (Å²) in [7, 11) is -3.17. The highest BCUT2D eigenvalue weighted by atomic mass is 32.2. The van der Waals surface area contributed by atoms with E-state index in [4.69, 9.17) is 5.73 Å². The van der Waals surface area contributed by atoms with Gasteiger partial charge in [-0.3, -0.25) is 4.79 Å². The van der Waals surface area contributed by atoms with Crippen LogP contribution in [0.1, 0.15) is 12.1 Å². The number of pyridine rings is 1. The summed E-state index contributed by atoms with van der Waals surface area (Å²) < 4.78 is 22.0. The zero-order chi connectivity index (χ0) is 14.6. The minimum atomic E-state index is -3.17. The summed E-state index contributed by atoms with van der Waals surface area (Å²) >= 11 is 0. The molecule has 4 N–H and O–H groups in total. The van der Waals surface area contributed by atoms with Gasteiger partial charge >= 0.3 is 0 Å². The number of carbonyl (C=O) groups is 1. The molecule has 7 nitrogen and oxygen atoms in total. The molecule has 0 aliphatic rings. The van der Waals surface area contributed by atoms with Crippen molar-refractivity contribution in [1.82, 2.24) is 4.98 Å². The van der Waals surface area contributed by atoms with Crippen LogP contribution in [0, 0.1) is 6.92 Å². The molecule has 0 fully saturated rings. The lowest BCUT2D eigenvalue weighted by Gasteiger charge is -2.12. The molecular weight excluding hydrogens is 270 g/mol. The Hall–Kier alpha value is -1.67. The molecule has 0 aliphatic carbocycles. The van der Waals surface area contributed by atoms with Gasteiger partial charge in [0, 0.05) is 11.9 Å². The normalized spacial score (nSPS) is 13.0. The predicted octanol–water partition coefficient (Wildman–Crippen LogP) is -0.204. The van der Waals surface area contributed by atoms with Crippen molar-refractivity contribution in [3.8, 4) is 5.75 Å². The third-order valence-corrected chi connectivity index (χ3v) is 3.37. The molecule has 0 aromatic carbocycles. The fourth-order valence-corrected chi connectivity index (χ4v) is 2.00. The molecular formula is C11H17N3O4S. The number of nitrogens with zero attached hydrogens (tertiary/aromatic N) is 1. The summed E-state index contributed by atoms with van der Waals surface area (Å²) in [4.78, 5) is 15.7. The Kier molecular flexibility index (Phi) is 4.84. The number of hydrogen-bond acceptors (Lipinski definition) is 6. The van der Waals surface area contributed by atoms with Crippen LogP contribution in [0.4, 0.5) is 5.82 Å². The number of amides is 1. The second-order valence-electron chi connectivity index (χ2n) is 4.33. The molecule has 1 atom stereocenters. The zero-order valence-corrected chi connectivity index (χ0v) is 11.6. The highest BCUT2D eigenvalue weighted by Crippen LogP contribution is 2.20. The maximum atomic E-state index is 11.7. The molecule has 0 spiro atoms. The molecule has 1 unspecified atom stereocenters. The lowest BCUT2D eigenvalue weighted by Crippen LogP contribution is -2.37. The molecule has 1 amide bonds. The molecule has 1 rings (SSSR count). The summed E-state index contributed by atoms with van der Waals surface area (Å²) in [6.45, 7) is 1.71. The van der Waals surface area contributed by atoms with Gasteiger partial charge in [0.15, 0.2) is 11.6 Å². The van der Waals surface area contributed by atoms with Crippen molar-refractivity contribution >= 4 is 21.6 Å². The number of aryl methyl sites for hydroxylation is 1. The van der Waals surface area contributed by atoms with Crippen LogP contribution in [0.2, 0.25) is 0 Å². The van der Waals surface area contributed by atoms with E-state index in [0.29, 0.717) is 5.69 Å². The highest BCUT2D eigenvalue weighted by Gasteiger charge is 2.17. The second-order valence-corrected chi connectivity index (χ2v) is 6.59.